The molecule has 0 spiro atoms. The molecule has 6 nitrogen and oxygen atoms in total. The molecule has 0 radical (unpaired) electrons. The zero-order chi connectivity index (χ0) is 24.5. The number of H-pyrrole nitrogens is 1. The lowest BCUT2D eigenvalue weighted by atomic mass is 10.0. The van der Waals surface area contributed by atoms with Crippen LogP contribution in [0.25, 0.3) is 33.1 Å². The molecule has 6 heteroatoms. The van der Waals surface area contributed by atoms with Gasteiger partial charge in [-0.15, -0.1) is 0 Å². The summed E-state index contributed by atoms with van der Waals surface area (Å²) in [6.45, 7) is 6.15. The number of para-hydroxylation sites is 2. The first-order chi connectivity index (χ1) is 16.9. The van der Waals surface area contributed by atoms with Crippen molar-refractivity contribution in [3.63, 3.8) is 0 Å². The Bertz CT molecular complexity index is 1600. The van der Waals surface area contributed by atoms with Crippen molar-refractivity contribution in [1.82, 2.24) is 19.9 Å². The Morgan fingerprint density at radius 1 is 0.886 bits per heavy atom. The molecule has 0 saturated carbocycles. The number of aromatic amines is 1. The first-order valence-corrected chi connectivity index (χ1v) is 11.7. The van der Waals surface area contributed by atoms with Gasteiger partial charge in [0, 0.05) is 17.0 Å². The number of carbonyl (C=O) groups excluding carboxylic acids is 1. The summed E-state index contributed by atoms with van der Waals surface area (Å²) >= 11 is 0. The highest BCUT2D eigenvalue weighted by Gasteiger charge is 2.23. The third-order valence-corrected chi connectivity index (χ3v) is 6.16. The number of amides is 1. The highest BCUT2D eigenvalue weighted by atomic mass is 16.2. The fourth-order valence-corrected chi connectivity index (χ4v) is 4.24. The molecule has 1 amide bonds. The molecule has 0 fully saturated rings. The second-order valence-electron chi connectivity index (χ2n) is 8.99. The topological polar surface area (TPSA) is 79.0 Å². The molecule has 5 aromatic rings. The van der Waals surface area contributed by atoms with E-state index in [9.17, 15) is 9.59 Å². The molecule has 0 saturated heterocycles. The SMILES string of the molecule is Cc1ccc(-c2cc(C(=O)N(Cc3nc4ccccc4c(=O)[nH]3)C(C)C)c3ccccc3n2)cc1. The van der Waals surface area contributed by atoms with Crippen LogP contribution in [0.15, 0.2) is 83.7 Å². The Kier molecular flexibility index (Phi) is 5.87. The predicted octanol–water partition coefficient (Wildman–Crippen LogP) is 5.50. The van der Waals surface area contributed by atoms with Crippen molar-refractivity contribution < 1.29 is 4.79 Å². The third-order valence-electron chi connectivity index (χ3n) is 6.16. The van der Waals surface area contributed by atoms with Gasteiger partial charge in [-0.05, 0) is 45.0 Å². The van der Waals surface area contributed by atoms with E-state index in [2.05, 4.69) is 9.97 Å². The number of aromatic nitrogens is 3. The number of benzene rings is 3. The van der Waals surface area contributed by atoms with E-state index >= 15 is 0 Å². The lowest BCUT2D eigenvalue weighted by Crippen LogP contribution is -2.37. The lowest BCUT2D eigenvalue weighted by molar-refractivity contribution is 0.0687. The number of fused-ring (bicyclic) bond motifs is 2. The fourth-order valence-electron chi connectivity index (χ4n) is 4.24. The first-order valence-electron chi connectivity index (χ1n) is 11.7. The molecule has 174 valence electrons. The Labute approximate surface area is 203 Å². The number of pyridine rings is 1. The summed E-state index contributed by atoms with van der Waals surface area (Å²) in [5.41, 5.74) is 4.59. The second kappa shape index (κ2) is 9.14. The average molecular weight is 463 g/mol. The van der Waals surface area contributed by atoms with Gasteiger partial charge in [-0.2, -0.15) is 0 Å². The summed E-state index contributed by atoms with van der Waals surface area (Å²) in [6.07, 6.45) is 0. The molecular formula is C29H26N4O2. The number of nitrogens with zero attached hydrogens (tertiary/aromatic N) is 3. The average Bonchev–Trinajstić information content (AvgIpc) is 2.86. The van der Waals surface area contributed by atoms with Gasteiger partial charge in [-0.3, -0.25) is 9.59 Å². The van der Waals surface area contributed by atoms with Gasteiger partial charge in [0.15, 0.2) is 0 Å². The summed E-state index contributed by atoms with van der Waals surface area (Å²) < 4.78 is 0. The van der Waals surface area contributed by atoms with Crippen LogP contribution in [0.3, 0.4) is 0 Å². The van der Waals surface area contributed by atoms with Gasteiger partial charge in [0.2, 0.25) is 0 Å². The number of hydrogen-bond donors (Lipinski definition) is 1. The van der Waals surface area contributed by atoms with Crippen LogP contribution < -0.4 is 5.56 Å². The van der Waals surface area contributed by atoms with Gasteiger partial charge in [0.25, 0.3) is 11.5 Å². The van der Waals surface area contributed by atoms with Crippen molar-refractivity contribution in [3.8, 4) is 11.3 Å². The van der Waals surface area contributed by atoms with Crippen LogP contribution in [0, 0.1) is 6.92 Å². The molecular weight excluding hydrogens is 436 g/mol. The van der Waals surface area contributed by atoms with E-state index in [1.807, 2.05) is 87.5 Å². The monoisotopic (exact) mass is 462 g/mol. The molecule has 0 aliphatic rings. The van der Waals surface area contributed by atoms with Crippen LogP contribution in [0.4, 0.5) is 0 Å². The largest absolute Gasteiger partial charge is 0.329 e. The van der Waals surface area contributed by atoms with Crippen LogP contribution in [0.1, 0.15) is 35.6 Å². The number of nitrogens with one attached hydrogen (secondary N) is 1. The van der Waals surface area contributed by atoms with Crippen molar-refractivity contribution in [2.24, 2.45) is 0 Å². The quantitative estimate of drug-likeness (QED) is 0.374. The van der Waals surface area contributed by atoms with Gasteiger partial charge < -0.3 is 9.88 Å². The van der Waals surface area contributed by atoms with E-state index in [-0.39, 0.29) is 24.1 Å². The maximum atomic E-state index is 14.0. The zero-order valence-electron chi connectivity index (χ0n) is 19.9. The third kappa shape index (κ3) is 4.43. The maximum absolute atomic E-state index is 14.0. The minimum Gasteiger partial charge on any atom is -0.329 e. The van der Waals surface area contributed by atoms with Crippen molar-refractivity contribution in [2.45, 2.75) is 33.4 Å². The summed E-state index contributed by atoms with van der Waals surface area (Å²) in [5, 5.41) is 1.32. The molecule has 0 bridgehead atoms. The zero-order valence-corrected chi connectivity index (χ0v) is 19.9. The van der Waals surface area contributed by atoms with E-state index < -0.39 is 0 Å². The van der Waals surface area contributed by atoms with E-state index in [0.29, 0.717) is 22.3 Å². The molecule has 35 heavy (non-hydrogen) atoms. The number of carbonyl (C=O) groups is 1. The molecule has 0 aliphatic carbocycles. The van der Waals surface area contributed by atoms with Crippen LogP contribution in [-0.2, 0) is 6.54 Å². The Morgan fingerprint density at radius 2 is 1.51 bits per heavy atom. The predicted molar refractivity (Wildman–Crippen MR) is 139 cm³/mol. The fraction of sp³-hybridized carbons (Fsp3) is 0.172. The van der Waals surface area contributed by atoms with E-state index in [1.54, 1.807) is 17.0 Å². The Balaban J connectivity index is 1.59. The molecule has 3 aromatic carbocycles. The maximum Gasteiger partial charge on any atom is 0.258 e. The molecule has 0 unspecified atom stereocenters. The van der Waals surface area contributed by atoms with Crippen molar-refractivity contribution in [2.75, 3.05) is 0 Å². The number of hydrogen-bond acceptors (Lipinski definition) is 4. The summed E-state index contributed by atoms with van der Waals surface area (Å²) in [4.78, 5) is 40.6. The van der Waals surface area contributed by atoms with Gasteiger partial charge in [0.05, 0.1) is 34.2 Å². The highest BCUT2D eigenvalue weighted by Crippen LogP contribution is 2.27. The van der Waals surface area contributed by atoms with Gasteiger partial charge >= 0.3 is 0 Å². The highest BCUT2D eigenvalue weighted by molar-refractivity contribution is 6.07. The summed E-state index contributed by atoms with van der Waals surface area (Å²) in [5.74, 6) is 0.315. The normalized spacial score (nSPS) is 11.3. The first kappa shape index (κ1) is 22.5. The molecule has 2 aromatic heterocycles. The van der Waals surface area contributed by atoms with Gasteiger partial charge in [0.1, 0.15) is 5.82 Å². The van der Waals surface area contributed by atoms with Crippen LogP contribution in [0.2, 0.25) is 0 Å². The Morgan fingerprint density at radius 3 is 2.20 bits per heavy atom. The van der Waals surface area contributed by atoms with E-state index in [1.165, 1.54) is 0 Å². The van der Waals surface area contributed by atoms with Crippen molar-refractivity contribution in [1.29, 1.82) is 0 Å². The Hall–Kier alpha value is -4.32. The molecule has 0 aliphatic heterocycles. The second-order valence-corrected chi connectivity index (χ2v) is 8.99. The van der Waals surface area contributed by atoms with Gasteiger partial charge in [-0.25, -0.2) is 9.97 Å². The van der Waals surface area contributed by atoms with Crippen molar-refractivity contribution in [3.05, 3.63) is 106 Å². The molecule has 2 heterocycles. The summed E-state index contributed by atoms with van der Waals surface area (Å²) in [6, 6.07) is 24.7. The lowest BCUT2D eigenvalue weighted by Gasteiger charge is -2.27. The van der Waals surface area contributed by atoms with Crippen LogP contribution in [0.5, 0.6) is 0 Å². The standard InChI is InChI=1S/C29H26N4O2/c1-18(2)33(17-27-31-25-11-7-5-9-22(25)28(34)32-27)29(35)23-16-26(20-14-12-19(3)13-15-20)30-24-10-6-4-8-21(23)24/h4-16,18H,17H2,1-3H3,(H,31,32,34). The number of aryl methyl sites for hydroxylation is 1. The van der Waals surface area contributed by atoms with E-state index in [0.717, 1.165) is 27.7 Å². The van der Waals surface area contributed by atoms with Crippen LogP contribution >= 0.6 is 0 Å². The smallest absolute Gasteiger partial charge is 0.258 e. The van der Waals surface area contributed by atoms with Crippen molar-refractivity contribution >= 4 is 27.7 Å². The van der Waals surface area contributed by atoms with E-state index in [4.69, 9.17) is 4.98 Å². The minimum atomic E-state index is -0.210. The van der Waals surface area contributed by atoms with Gasteiger partial charge in [-0.1, -0.05) is 60.2 Å². The molecule has 5 rings (SSSR count). The summed E-state index contributed by atoms with van der Waals surface area (Å²) in [7, 11) is 0. The van der Waals surface area contributed by atoms with Crippen LogP contribution in [-0.4, -0.2) is 31.8 Å². The minimum absolute atomic E-state index is 0.117. The molecule has 0 atom stereocenters. The molecule has 1 N–H and O–H groups in total. The number of rotatable bonds is 5.